The van der Waals surface area contributed by atoms with Gasteiger partial charge in [0.1, 0.15) is 24.2 Å². The number of carbonyl (C=O) groups excluding carboxylic acids is 1. The highest BCUT2D eigenvalue weighted by Crippen LogP contribution is 2.34. The number of hydrogen-bond acceptors (Lipinski definition) is 6. The van der Waals surface area contributed by atoms with E-state index in [0.29, 0.717) is 42.1 Å². The average molecular weight is 453 g/mol. The number of aliphatic imine (C=N–C) groups is 1. The first-order chi connectivity index (χ1) is 15.5. The van der Waals surface area contributed by atoms with Gasteiger partial charge in [0.25, 0.3) is 0 Å². The van der Waals surface area contributed by atoms with Crippen LogP contribution in [0.25, 0.3) is 5.69 Å². The van der Waals surface area contributed by atoms with E-state index in [1.54, 1.807) is 0 Å². The van der Waals surface area contributed by atoms with Crippen molar-refractivity contribution in [2.24, 2.45) is 10.7 Å². The molecule has 2 aromatic carbocycles. The Morgan fingerprint density at radius 2 is 2.00 bits per heavy atom. The number of nitrogens with two attached hydrogens (primary N) is 1. The van der Waals surface area contributed by atoms with Crippen molar-refractivity contribution in [3.8, 4) is 11.4 Å². The molecule has 0 bridgehead atoms. The summed E-state index contributed by atoms with van der Waals surface area (Å²) in [6.07, 6.45) is 0.160. The summed E-state index contributed by atoms with van der Waals surface area (Å²) < 4.78 is 7.74. The van der Waals surface area contributed by atoms with Crippen LogP contribution in [0.3, 0.4) is 0 Å². The maximum absolute atomic E-state index is 12.5. The number of hydrogen-bond donors (Lipinski definition) is 2. The van der Waals surface area contributed by atoms with Crippen LogP contribution < -0.4 is 15.8 Å². The van der Waals surface area contributed by atoms with E-state index in [4.69, 9.17) is 27.1 Å². The number of nitrogens with one attached hydrogen (secondary N) is 1. The van der Waals surface area contributed by atoms with Crippen LogP contribution in [0.4, 0.5) is 0 Å². The van der Waals surface area contributed by atoms with Crippen LogP contribution in [0.5, 0.6) is 5.75 Å². The third kappa shape index (κ3) is 4.37. The number of halogens is 1. The summed E-state index contributed by atoms with van der Waals surface area (Å²) in [6, 6.07) is 12.8. The van der Waals surface area contributed by atoms with Crippen molar-refractivity contribution in [1.29, 1.82) is 0 Å². The lowest BCUT2D eigenvalue weighted by Crippen LogP contribution is -2.25. The van der Waals surface area contributed by atoms with E-state index in [9.17, 15) is 4.79 Å². The van der Waals surface area contributed by atoms with Crippen LogP contribution in [-0.2, 0) is 4.79 Å². The first-order valence-corrected chi connectivity index (χ1v) is 10.9. The van der Waals surface area contributed by atoms with E-state index in [1.165, 1.54) is 0 Å². The second-order valence-corrected chi connectivity index (χ2v) is 7.85. The standard InChI is InChI=1S/C23H25ClN6O2/c1-3-26-21(31)13-19-23-29-28-14(2)30(23)20-9-8-17(32-11-10-25)12-18(20)22(27-19)15-4-6-16(24)7-5-15/h4-9,12,19H,3,10-11,13,25H2,1-2H3,(H,26,31)/t19-/m0/s1. The van der Waals surface area contributed by atoms with Crippen LogP contribution in [0.2, 0.25) is 5.02 Å². The zero-order valence-corrected chi connectivity index (χ0v) is 18.8. The topological polar surface area (TPSA) is 107 Å². The van der Waals surface area contributed by atoms with Crippen molar-refractivity contribution in [2.45, 2.75) is 26.3 Å². The van der Waals surface area contributed by atoms with Gasteiger partial charge in [0, 0.05) is 29.2 Å². The summed E-state index contributed by atoms with van der Waals surface area (Å²) in [7, 11) is 0. The number of aromatic nitrogens is 3. The molecule has 0 saturated carbocycles. The molecule has 3 aromatic rings. The SMILES string of the molecule is CCNC(=O)C[C@@H]1N=C(c2ccc(Cl)cc2)c2cc(OCCN)ccc2-n2c(C)nnc21. The minimum atomic E-state index is -0.505. The van der Waals surface area contributed by atoms with Crippen molar-refractivity contribution in [1.82, 2.24) is 20.1 Å². The molecule has 1 aromatic heterocycles. The van der Waals surface area contributed by atoms with Gasteiger partial charge in [0.05, 0.1) is 17.8 Å². The fourth-order valence-electron chi connectivity index (χ4n) is 3.76. The van der Waals surface area contributed by atoms with Crippen LogP contribution in [0, 0.1) is 6.92 Å². The molecular formula is C23H25ClN6O2. The molecule has 0 fully saturated rings. The van der Waals surface area contributed by atoms with Crippen LogP contribution in [-0.4, -0.2) is 46.1 Å². The molecule has 0 spiro atoms. The Morgan fingerprint density at radius 3 is 2.72 bits per heavy atom. The molecule has 2 heterocycles. The summed E-state index contributed by atoms with van der Waals surface area (Å²) in [5.41, 5.74) is 8.94. The first-order valence-electron chi connectivity index (χ1n) is 10.5. The maximum atomic E-state index is 12.5. The normalized spacial score (nSPS) is 14.8. The number of carbonyl (C=O) groups is 1. The Labute approximate surface area is 191 Å². The molecule has 8 nitrogen and oxygen atoms in total. The quantitative estimate of drug-likeness (QED) is 0.573. The fraction of sp³-hybridized carbons (Fsp3) is 0.304. The molecule has 0 aliphatic carbocycles. The van der Waals surface area contributed by atoms with Crippen molar-refractivity contribution in [3.05, 3.63) is 70.3 Å². The number of amides is 1. The molecule has 1 aliphatic rings. The molecule has 166 valence electrons. The van der Waals surface area contributed by atoms with Crippen LogP contribution in [0.15, 0.2) is 47.5 Å². The summed E-state index contributed by atoms with van der Waals surface area (Å²) in [5.74, 6) is 1.92. The monoisotopic (exact) mass is 452 g/mol. The van der Waals surface area contributed by atoms with Crippen molar-refractivity contribution in [2.75, 3.05) is 19.7 Å². The second kappa shape index (κ2) is 9.50. The summed E-state index contributed by atoms with van der Waals surface area (Å²) in [4.78, 5) is 17.5. The van der Waals surface area contributed by atoms with Crippen molar-refractivity contribution in [3.63, 3.8) is 0 Å². The van der Waals surface area contributed by atoms with Gasteiger partial charge in [-0.05, 0) is 44.2 Å². The van der Waals surface area contributed by atoms with E-state index in [0.717, 1.165) is 22.5 Å². The highest BCUT2D eigenvalue weighted by molar-refractivity contribution is 6.30. The van der Waals surface area contributed by atoms with Gasteiger partial charge in [-0.25, -0.2) is 0 Å². The number of ether oxygens (including phenoxy) is 1. The molecule has 32 heavy (non-hydrogen) atoms. The van der Waals surface area contributed by atoms with Crippen LogP contribution >= 0.6 is 11.6 Å². The molecule has 1 amide bonds. The number of rotatable bonds is 7. The zero-order chi connectivity index (χ0) is 22.7. The van der Waals surface area contributed by atoms with Gasteiger partial charge >= 0.3 is 0 Å². The third-order valence-corrected chi connectivity index (χ3v) is 5.41. The Kier molecular flexibility index (Phi) is 6.53. The van der Waals surface area contributed by atoms with Gasteiger partial charge < -0.3 is 15.8 Å². The van der Waals surface area contributed by atoms with Gasteiger partial charge in [-0.3, -0.25) is 14.4 Å². The van der Waals surface area contributed by atoms with Gasteiger partial charge in [0.2, 0.25) is 5.91 Å². The summed E-state index contributed by atoms with van der Waals surface area (Å²) in [6.45, 7) is 5.14. The highest BCUT2D eigenvalue weighted by Gasteiger charge is 2.29. The number of fused-ring (bicyclic) bond motifs is 3. The second-order valence-electron chi connectivity index (χ2n) is 7.41. The van der Waals surface area contributed by atoms with E-state index in [2.05, 4.69) is 15.5 Å². The predicted octanol–water partition coefficient (Wildman–Crippen LogP) is 2.98. The van der Waals surface area contributed by atoms with Crippen LogP contribution in [0.1, 0.15) is 42.2 Å². The minimum absolute atomic E-state index is 0.0955. The third-order valence-electron chi connectivity index (χ3n) is 5.15. The summed E-state index contributed by atoms with van der Waals surface area (Å²) >= 11 is 6.13. The lowest BCUT2D eigenvalue weighted by atomic mass is 10.00. The largest absolute Gasteiger partial charge is 0.492 e. The number of nitrogens with zero attached hydrogens (tertiary/aromatic N) is 4. The predicted molar refractivity (Wildman–Crippen MR) is 124 cm³/mol. The molecule has 0 unspecified atom stereocenters. The highest BCUT2D eigenvalue weighted by atomic mass is 35.5. The first kappa shape index (κ1) is 22.0. The molecule has 4 rings (SSSR count). The Bertz CT molecular complexity index is 1160. The van der Waals surface area contributed by atoms with Crippen molar-refractivity contribution >= 4 is 23.2 Å². The molecular weight excluding hydrogens is 428 g/mol. The maximum Gasteiger partial charge on any atom is 0.222 e. The van der Waals surface area contributed by atoms with E-state index in [1.807, 2.05) is 60.9 Å². The lowest BCUT2D eigenvalue weighted by Gasteiger charge is -2.15. The minimum Gasteiger partial charge on any atom is -0.492 e. The molecule has 0 radical (unpaired) electrons. The average Bonchev–Trinajstić information content (AvgIpc) is 3.11. The molecule has 1 atom stereocenters. The van der Waals surface area contributed by atoms with Gasteiger partial charge in [-0.15, -0.1) is 10.2 Å². The number of benzene rings is 2. The molecule has 9 heteroatoms. The number of aryl methyl sites for hydroxylation is 1. The Balaban J connectivity index is 1.92. The smallest absolute Gasteiger partial charge is 0.222 e. The molecule has 0 saturated heterocycles. The summed E-state index contributed by atoms with van der Waals surface area (Å²) in [5, 5.41) is 12.1. The van der Waals surface area contributed by atoms with E-state index < -0.39 is 6.04 Å². The Morgan fingerprint density at radius 1 is 1.22 bits per heavy atom. The van der Waals surface area contributed by atoms with Crippen molar-refractivity contribution < 1.29 is 9.53 Å². The fourth-order valence-corrected chi connectivity index (χ4v) is 3.89. The molecule has 1 aliphatic heterocycles. The van der Waals surface area contributed by atoms with Gasteiger partial charge in [0.15, 0.2) is 5.82 Å². The van der Waals surface area contributed by atoms with E-state index in [-0.39, 0.29) is 12.3 Å². The van der Waals surface area contributed by atoms with E-state index >= 15 is 0 Å². The van der Waals surface area contributed by atoms with Gasteiger partial charge in [-0.2, -0.15) is 0 Å². The lowest BCUT2D eigenvalue weighted by molar-refractivity contribution is -0.121. The van der Waals surface area contributed by atoms with Gasteiger partial charge in [-0.1, -0.05) is 23.7 Å². The zero-order valence-electron chi connectivity index (χ0n) is 18.0. The molecule has 3 N–H and O–H groups in total. The Hall–Kier alpha value is -3.23.